The molecule has 0 bridgehead atoms. The van der Waals surface area contributed by atoms with Crippen molar-refractivity contribution in [3.05, 3.63) is 41.3 Å². The van der Waals surface area contributed by atoms with Gasteiger partial charge in [-0.05, 0) is 6.07 Å². The molecule has 0 atom stereocenters. The Morgan fingerprint density at radius 2 is 2.05 bits per heavy atom. The second-order valence-electron chi connectivity index (χ2n) is 3.92. The topological polar surface area (TPSA) is 77.6 Å². The molecule has 0 N–H and O–H groups in total. The molecule has 0 saturated heterocycles. The van der Waals surface area contributed by atoms with E-state index in [1.54, 1.807) is 48.5 Å². The zero-order chi connectivity index (χ0) is 13.8. The van der Waals surface area contributed by atoms with Crippen LogP contribution in [0.5, 0.6) is 0 Å². The van der Waals surface area contributed by atoms with Crippen LogP contribution in [0.3, 0.4) is 0 Å². The number of hydrogen-bond donors (Lipinski definition) is 0. The van der Waals surface area contributed by atoms with E-state index in [9.17, 15) is 0 Å². The van der Waals surface area contributed by atoms with Crippen LogP contribution in [0.4, 0.5) is 0 Å². The lowest BCUT2D eigenvalue weighted by molar-refractivity contribution is 0.485. The van der Waals surface area contributed by atoms with Crippen LogP contribution >= 0.6 is 23.1 Å². The molecule has 0 amide bonds. The molecule has 0 radical (unpaired) electrons. The molecule has 0 fully saturated rings. The van der Waals surface area contributed by atoms with Crippen molar-refractivity contribution in [1.29, 1.82) is 0 Å². The molecule has 3 aromatic heterocycles. The Hall–Kier alpha value is -1.80. The molecule has 0 aliphatic heterocycles. The number of aromatic nitrogens is 5. The van der Waals surface area contributed by atoms with Crippen LogP contribution in [0.2, 0.25) is 0 Å². The number of thioether (sulfide) groups is 1. The van der Waals surface area contributed by atoms with E-state index >= 15 is 0 Å². The summed E-state index contributed by atoms with van der Waals surface area (Å²) in [5.74, 6) is 3.40. The quantitative estimate of drug-likeness (QED) is 0.717. The molecular formula is C12H11N5OS2. The van der Waals surface area contributed by atoms with Crippen LogP contribution in [-0.4, -0.2) is 25.1 Å². The summed E-state index contributed by atoms with van der Waals surface area (Å²) in [4.78, 5) is 12.9. The Balaban J connectivity index is 1.58. The van der Waals surface area contributed by atoms with Crippen molar-refractivity contribution in [2.45, 2.75) is 18.4 Å². The summed E-state index contributed by atoms with van der Waals surface area (Å²) in [7, 11) is 0. The number of rotatable bonds is 5. The smallest absolute Gasteiger partial charge is 0.226 e. The van der Waals surface area contributed by atoms with E-state index in [0.717, 1.165) is 16.5 Å². The van der Waals surface area contributed by atoms with E-state index in [2.05, 4.69) is 25.1 Å². The predicted octanol–water partition coefficient (Wildman–Crippen LogP) is 2.72. The largest absolute Gasteiger partial charge is 0.425 e. The van der Waals surface area contributed by atoms with E-state index in [1.165, 1.54) is 0 Å². The fourth-order valence-electron chi connectivity index (χ4n) is 1.52. The van der Waals surface area contributed by atoms with E-state index in [-0.39, 0.29) is 0 Å². The highest BCUT2D eigenvalue weighted by molar-refractivity contribution is 7.97. The minimum Gasteiger partial charge on any atom is -0.425 e. The van der Waals surface area contributed by atoms with Gasteiger partial charge in [-0.2, -0.15) is 0 Å². The van der Waals surface area contributed by atoms with Gasteiger partial charge in [0.25, 0.3) is 0 Å². The maximum atomic E-state index is 5.32. The highest BCUT2D eigenvalue weighted by atomic mass is 32.2. The van der Waals surface area contributed by atoms with E-state index in [1.807, 2.05) is 5.38 Å². The van der Waals surface area contributed by atoms with Crippen molar-refractivity contribution >= 4 is 23.1 Å². The van der Waals surface area contributed by atoms with Gasteiger partial charge < -0.3 is 4.42 Å². The first kappa shape index (κ1) is 13.2. The van der Waals surface area contributed by atoms with Crippen LogP contribution < -0.4 is 0 Å². The summed E-state index contributed by atoms with van der Waals surface area (Å²) in [6.07, 6.45) is 3.44. The number of thiazole rings is 1. The molecule has 0 aliphatic rings. The molecule has 0 aliphatic carbocycles. The zero-order valence-electron chi connectivity index (χ0n) is 10.7. The van der Waals surface area contributed by atoms with E-state index in [4.69, 9.17) is 4.42 Å². The molecule has 6 nitrogen and oxygen atoms in total. The summed E-state index contributed by atoms with van der Waals surface area (Å²) in [5.41, 5.74) is 1.01. The zero-order valence-corrected chi connectivity index (χ0v) is 12.3. The Morgan fingerprint density at radius 3 is 2.80 bits per heavy atom. The van der Waals surface area contributed by atoms with Crippen molar-refractivity contribution in [2.24, 2.45) is 0 Å². The fraction of sp³-hybridized carbons (Fsp3) is 0.250. The molecule has 0 saturated carbocycles. The first-order chi connectivity index (χ1) is 9.81. The molecule has 3 heterocycles. The lowest BCUT2D eigenvalue weighted by Gasteiger charge is -1.95. The first-order valence-corrected chi connectivity index (χ1v) is 7.93. The van der Waals surface area contributed by atoms with Crippen molar-refractivity contribution in [2.75, 3.05) is 0 Å². The van der Waals surface area contributed by atoms with Gasteiger partial charge in [0.2, 0.25) is 11.8 Å². The van der Waals surface area contributed by atoms with Crippen LogP contribution in [0.25, 0.3) is 10.8 Å². The highest BCUT2D eigenvalue weighted by Gasteiger charge is 2.08. The summed E-state index contributed by atoms with van der Waals surface area (Å²) in [6.45, 7) is 1.79. The molecule has 8 heteroatoms. The van der Waals surface area contributed by atoms with Crippen LogP contribution in [0.15, 0.2) is 28.3 Å². The van der Waals surface area contributed by atoms with Crippen molar-refractivity contribution < 1.29 is 4.42 Å². The van der Waals surface area contributed by atoms with Crippen LogP contribution in [-0.2, 0) is 11.5 Å². The van der Waals surface area contributed by atoms with Gasteiger partial charge in [0, 0.05) is 30.5 Å². The highest BCUT2D eigenvalue weighted by Crippen LogP contribution is 2.23. The van der Waals surface area contributed by atoms with E-state index in [0.29, 0.717) is 23.4 Å². The van der Waals surface area contributed by atoms with Gasteiger partial charge in [-0.1, -0.05) is 0 Å². The third-order valence-electron chi connectivity index (χ3n) is 2.35. The van der Waals surface area contributed by atoms with Crippen molar-refractivity contribution in [3.63, 3.8) is 0 Å². The average Bonchev–Trinajstić information content (AvgIpc) is 3.09. The summed E-state index contributed by atoms with van der Waals surface area (Å²) >= 11 is 3.24. The summed E-state index contributed by atoms with van der Waals surface area (Å²) < 4.78 is 5.32. The van der Waals surface area contributed by atoms with Gasteiger partial charge >= 0.3 is 0 Å². The summed E-state index contributed by atoms with van der Waals surface area (Å²) in [5, 5.41) is 10.6. The Labute approximate surface area is 123 Å². The Bertz CT molecular complexity index is 682. The number of hydrogen-bond acceptors (Lipinski definition) is 8. The van der Waals surface area contributed by atoms with E-state index < -0.39 is 0 Å². The molecule has 0 spiro atoms. The van der Waals surface area contributed by atoms with Crippen molar-refractivity contribution in [1.82, 2.24) is 25.1 Å². The monoisotopic (exact) mass is 305 g/mol. The maximum absolute atomic E-state index is 5.32. The average molecular weight is 305 g/mol. The molecular weight excluding hydrogens is 294 g/mol. The van der Waals surface area contributed by atoms with Gasteiger partial charge in [-0.15, -0.1) is 33.3 Å². The fourth-order valence-corrected chi connectivity index (χ4v) is 3.14. The summed E-state index contributed by atoms with van der Waals surface area (Å²) in [6, 6.07) is 1.79. The molecule has 102 valence electrons. The number of aryl methyl sites for hydroxylation is 1. The van der Waals surface area contributed by atoms with Gasteiger partial charge in [-0.3, -0.25) is 0 Å². The van der Waals surface area contributed by atoms with Crippen LogP contribution in [0, 0.1) is 6.92 Å². The minimum atomic E-state index is 0.595. The second kappa shape index (κ2) is 6.10. The Morgan fingerprint density at radius 1 is 1.20 bits per heavy atom. The number of nitrogens with zero attached hydrogens (tertiary/aromatic N) is 5. The molecule has 3 aromatic rings. The third-order valence-corrected chi connectivity index (χ3v) is 4.19. The predicted molar refractivity (Wildman–Crippen MR) is 77.2 cm³/mol. The SMILES string of the molecule is Cc1nnc(CSCc2csc(-c3ncccn3)n2)o1. The molecule has 20 heavy (non-hydrogen) atoms. The third kappa shape index (κ3) is 3.20. The first-order valence-electron chi connectivity index (χ1n) is 5.90. The van der Waals surface area contributed by atoms with Crippen molar-refractivity contribution in [3.8, 4) is 10.8 Å². The maximum Gasteiger partial charge on any atom is 0.226 e. The Kier molecular flexibility index (Phi) is 4.03. The van der Waals surface area contributed by atoms with Gasteiger partial charge in [0.15, 0.2) is 10.8 Å². The lowest BCUT2D eigenvalue weighted by Crippen LogP contribution is -1.87. The lowest BCUT2D eigenvalue weighted by atomic mass is 10.5. The van der Waals surface area contributed by atoms with Gasteiger partial charge in [0.05, 0.1) is 11.4 Å². The molecule has 0 aromatic carbocycles. The van der Waals surface area contributed by atoms with Crippen LogP contribution in [0.1, 0.15) is 17.5 Å². The van der Waals surface area contributed by atoms with Gasteiger partial charge in [0.1, 0.15) is 0 Å². The normalized spacial score (nSPS) is 10.8. The molecule has 0 unspecified atom stereocenters. The second-order valence-corrected chi connectivity index (χ2v) is 5.77. The standard InChI is InChI=1S/C12H11N5OS2/c1-8-16-17-10(18-8)7-19-5-9-6-20-12(15-9)11-13-3-2-4-14-11/h2-4,6H,5,7H2,1H3. The van der Waals surface area contributed by atoms with Gasteiger partial charge in [-0.25, -0.2) is 15.0 Å². The minimum absolute atomic E-state index is 0.595. The molecule has 3 rings (SSSR count).